The fourth-order valence-corrected chi connectivity index (χ4v) is 95.0. The van der Waals surface area contributed by atoms with Gasteiger partial charge in [-0.1, -0.05) is 0 Å². The third-order valence-electron chi connectivity index (χ3n) is 16.9. The third-order valence-corrected chi connectivity index (χ3v) is 59.7. The molecule has 10 rings (SSSR count). The number of carbonyl (C=O) groups excluding carboxylic acids is 4. The Balaban J connectivity index is 1.16. The van der Waals surface area contributed by atoms with Crippen molar-refractivity contribution in [2.45, 2.75) is 73.8 Å². The topological polar surface area (TPSA) is 86.7 Å². The van der Waals surface area contributed by atoms with Crippen LogP contribution in [0.3, 0.4) is 0 Å². The van der Waals surface area contributed by atoms with Gasteiger partial charge in [-0.3, -0.25) is 0 Å². The van der Waals surface area contributed by atoms with Crippen LogP contribution in [0.15, 0.2) is 0 Å². The molecule has 0 amide bonds. The molecule has 10 fully saturated rings. The van der Waals surface area contributed by atoms with Gasteiger partial charge in [0, 0.05) is 0 Å². The van der Waals surface area contributed by atoms with Crippen molar-refractivity contribution in [3.05, 3.63) is 0 Å². The number of hydrogen-bond acceptors (Lipinski definition) is 6. The summed E-state index contributed by atoms with van der Waals surface area (Å²) >= 11 is 0. The molecule has 0 aliphatic carbocycles. The van der Waals surface area contributed by atoms with Crippen LogP contribution in [0.4, 0.5) is 0 Å². The Bertz CT molecular complexity index is 1280. The first kappa shape index (κ1) is 13.1. The standard InChI is InChI=1S/2C10H11O3.Fe/c2*1-2-13-10(12)7-9(11)8-5-3-4-6-8;/h2*3-6H,2,7H2,1H3;. The first-order valence-corrected chi connectivity index (χ1v) is 16.5. The van der Waals surface area contributed by atoms with Gasteiger partial charge < -0.3 is 0 Å². The van der Waals surface area contributed by atoms with Gasteiger partial charge >= 0.3 is 146 Å². The molecule has 0 bridgehead atoms. The Kier molecular flexibility index (Phi) is 0.713. The molecule has 0 radical (unpaired) electrons. The van der Waals surface area contributed by atoms with Crippen molar-refractivity contribution in [1.29, 1.82) is 0 Å². The van der Waals surface area contributed by atoms with Gasteiger partial charge in [-0.15, -0.1) is 0 Å². The fourth-order valence-electron chi connectivity index (χ4n) is 19.0. The van der Waals surface area contributed by atoms with Crippen LogP contribution in [0.25, 0.3) is 0 Å². The number of fused-ring (bicyclic) bond motifs is 10. The van der Waals surface area contributed by atoms with Crippen molar-refractivity contribution in [1.82, 2.24) is 0 Å². The molecular formula is C20H22FeO6. The van der Waals surface area contributed by atoms with Gasteiger partial charge in [-0.05, 0) is 0 Å². The van der Waals surface area contributed by atoms with Crippen LogP contribution < -0.4 is 0 Å². The first-order chi connectivity index (χ1) is 12.7. The molecule has 6 nitrogen and oxygen atoms in total. The number of ketones is 2. The van der Waals surface area contributed by atoms with E-state index < -0.39 is 18.4 Å². The van der Waals surface area contributed by atoms with Crippen LogP contribution in [0.1, 0.15) is 26.7 Å². The van der Waals surface area contributed by atoms with Gasteiger partial charge in [-0.2, -0.15) is 0 Å². The summed E-state index contributed by atoms with van der Waals surface area (Å²) in [7, 11) is 0. The Hall–Kier alpha value is -1.20. The molecule has 7 heteroatoms. The molecule has 10 heterocycles. The summed E-state index contributed by atoms with van der Waals surface area (Å²) in [5, 5.41) is 0. The zero-order chi connectivity index (χ0) is 18.5. The van der Waals surface area contributed by atoms with Gasteiger partial charge in [0.1, 0.15) is 0 Å². The number of esters is 2. The number of rotatable bonds is 8. The van der Waals surface area contributed by atoms with E-state index in [-0.39, 0.29) is 33.0 Å². The van der Waals surface area contributed by atoms with Crippen LogP contribution in [0, 0.1) is 0 Å². The van der Waals surface area contributed by atoms with Crippen LogP contribution in [-0.4, -0.2) is 36.7 Å². The average Bonchev–Trinajstić information content (AvgIpc) is 3.54. The van der Waals surface area contributed by atoms with Gasteiger partial charge in [0.05, 0.1) is 0 Å². The molecule has 0 aromatic carbocycles. The van der Waals surface area contributed by atoms with Crippen LogP contribution in [0.2, 0.25) is 47.2 Å². The van der Waals surface area contributed by atoms with E-state index in [1.54, 1.807) is 13.8 Å². The van der Waals surface area contributed by atoms with Crippen LogP contribution in [0.5, 0.6) is 0 Å². The summed E-state index contributed by atoms with van der Waals surface area (Å²) < 4.78 is 9.73. The number of Topliss-reactive ketones (excluding diaryl/α,β-unsaturated/α-hetero) is 2. The Morgan fingerprint density at radius 1 is 0.704 bits per heavy atom. The monoisotopic (exact) mass is 414 g/mol. The molecule has 0 aromatic heterocycles. The molecule has 27 heavy (non-hydrogen) atoms. The average molecular weight is 414 g/mol. The number of ether oxygens (including phenoxy) is 2. The number of hydrogen-bond donors (Lipinski definition) is 0. The van der Waals surface area contributed by atoms with Gasteiger partial charge in [-0.25, -0.2) is 0 Å². The van der Waals surface area contributed by atoms with Crippen LogP contribution >= 0.6 is 0 Å². The van der Waals surface area contributed by atoms with E-state index >= 15 is 0 Å². The molecule has 0 N–H and O–H groups in total. The summed E-state index contributed by atoms with van der Waals surface area (Å²) in [6.45, 7) is -0.178. The van der Waals surface area contributed by atoms with E-state index in [0.717, 1.165) is 19.3 Å². The quantitative estimate of drug-likeness (QED) is 0.345. The number of carbonyl (C=O) groups is 4. The summed E-state index contributed by atoms with van der Waals surface area (Å²) in [5.74, 6) is -0.498. The SMILES string of the molecule is CCOC(=O)CC(=O)[C]12[CH]3[CH]4[CH]5[CH]1[Fe]45321678[CH]2[CH]1[CH]6[C]7(C(=O)CC(=O)OCC)[CH]28. The summed E-state index contributed by atoms with van der Waals surface area (Å²) in [5.41, 5.74) is 0. The van der Waals surface area contributed by atoms with Crippen molar-refractivity contribution < 1.29 is 35.2 Å². The van der Waals surface area contributed by atoms with Crippen molar-refractivity contribution in [3.8, 4) is 0 Å². The second-order valence-electron chi connectivity index (χ2n) is 12.6. The predicted molar refractivity (Wildman–Crippen MR) is 87.9 cm³/mol. The normalized spacial score (nSPS) is 81.4. The van der Waals surface area contributed by atoms with E-state index in [9.17, 15) is 19.2 Å². The third kappa shape index (κ3) is 0.205. The van der Waals surface area contributed by atoms with E-state index in [1.807, 2.05) is 0 Å². The molecular weight excluding hydrogens is 392 g/mol. The predicted octanol–water partition coefficient (Wildman–Crippen LogP) is 3.16. The molecule has 1 spiro atoms. The molecule has 10 aliphatic heterocycles. The minimum absolute atomic E-state index is 0.0904. The molecule has 0 aromatic rings. The second-order valence-corrected chi connectivity index (χ2v) is 35.8. The Labute approximate surface area is 146 Å². The summed E-state index contributed by atoms with van der Waals surface area (Å²) in [6, 6.07) is 0. The van der Waals surface area contributed by atoms with E-state index in [4.69, 9.17) is 9.47 Å². The van der Waals surface area contributed by atoms with E-state index in [1.165, 1.54) is 0 Å². The van der Waals surface area contributed by atoms with Crippen molar-refractivity contribution in [2.75, 3.05) is 13.2 Å². The minimum atomic E-state index is -4.29. The zero-order valence-corrected chi connectivity index (χ0v) is 16.4. The van der Waals surface area contributed by atoms with Gasteiger partial charge in [0.25, 0.3) is 0 Å². The summed E-state index contributed by atoms with van der Waals surface area (Å²) in [4.78, 5) is 56.3. The molecule has 146 valence electrons. The van der Waals surface area contributed by atoms with E-state index in [2.05, 4.69) is 0 Å². The molecule has 0 saturated carbocycles. The van der Waals surface area contributed by atoms with Crippen molar-refractivity contribution in [3.63, 3.8) is 0 Å². The molecule has 10 aliphatic rings. The van der Waals surface area contributed by atoms with Crippen LogP contribution in [-0.2, 0) is 35.2 Å². The molecule has 8 unspecified atom stereocenters. The van der Waals surface area contributed by atoms with Gasteiger partial charge in [0.15, 0.2) is 0 Å². The zero-order valence-electron chi connectivity index (χ0n) is 15.3. The van der Waals surface area contributed by atoms with Crippen molar-refractivity contribution >= 4 is 23.5 Å². The maximum atomic E-state index is 13.5. The van der Waals surface area contributed by atoms with Gasteiger partial charge in [0.2, 0.25) is 0 Å². The van der Waals surface area contributed by atoms with E-state index in [0.29, 0.717) is 32.5 Å². The Morgan fingerprint density at radius 3 is 1.30 bits per heavy atom. The molecule has 8 atom stereocenters. The maximum absolute atomic E-state index is 13.5. The summed E-state index contributed by atoms with van der Waals surface area (Å²) in [6.07, 6.45) is -0.181. The second kappa shape index (κ2) is 1.47. The first-order valence-electron chi connectivity index (χ1n) is 10.3. The molecule has 10 saturated heterocycles. The van der Waals surface area contributed by atoms with Crippen molar-refractivity contribution in [2.24, 2.45) is 0 Å². The Morgan fingerprint density at radius 2 is 1.04 bits per heavy atom. The fraction of sp³-hybridized carbons (Fsp3) is 0.800.